The highest BCUT2D eigenvalue weighted by molar-refractivity contribution is 5.27. The van der Waals surface area contributed by atoms with Crippen molar-refractivity contribution in [1.29, 1.82) is 0 Å². The number of hydrogen-bond donors (Lipinski definition) is 1. The van der Waals surface area contributed by atoms with Crippen LogP contribution < -0.4 is 5.73 Å². The summed E-state index contributed by atoms with van der Waals surface area (Å²) in [5.41, 5.74) is 7.45. The second-order valence-corrected chi connectivity index (χ2v) is 4.25. The number of nitrogens with two attached hydrogens (primary N) is 1. The van der Waals surface area contributed by atoms with E-state index in [1.807, 2.05) is 24.9 Å². The van der Waals surface area contributed by atoms with Gasteiger partial charge in [-0.3, -0.25) is 4.90 Å². The third kappa shape index (κ3) is 3.77. The van der Waals surface area contributed by atoms with Crippen molar-refractivity contribution in [3.8, 4) is 0 Å². The highest BCUT2D eigenvalue weighted by atomic mass is 19.1. The fourth-order valence-corrected chi connectivity index (χ4v) is 1.85. The van der Waals surface area contributed by atoms with Crippen LogP contribution in [0, 0.1) is 12.7 Å². The topological polar surface area (TPSA) is 38.5 Å². The van der Waals surface area contributed by atoms with Crippen molar-refractivity contribution in [2.75, 3.05) is 33.9 Å². The van der Waals surface area contributed by atoms with E-state index in [4.69, 9.17) is 10.5 Å². The first-order valence-corrected chi connectivity index (χ1v) is 5.75. The van der Waals surface area contributed by atoms with E-state index in [1.165, 1.54) is 6.07 Å². The van der Waals surface area contributed by atoms with Gasteiger partial charge in [-0.15, -0.1) is 0 Å². The Hall–Kier alpha value is -0.970. The molecule has 0 bridgehead atoms. The van der Waals surface area contributed by atoms with Gasteiger partial charge in [0.1, 0.15) is 5.82 Å². The Bertz CT molecular complexity index is 357. The molecule has 0 amide bonds. The Morgan fingerprint density at radius 3 is 2.76 bits per heavy atom. The number of rotatable bonds is 6. The lowest BCUT2D eigenvalue weighted by Gasteiger charge is -2.27. The van der Waals surface area contributed by atoms with Crippen molar-refractivity contribution in [2.24, 2.45) is 5.73 Å². The molecule has 0 saturated heterocycles. The van der Waals surface area contributed by atoms with Gasteiger partial charge in [0.05, 0.1) is 6.61 Å². The van der Waals surface area contributed by atoms with Crippen LogP contribution in [0.25, 0.3) is 0 Å². The number of ether oxygens (including phenoxy) is 1. The minimum atomic E-state index is -0.199. The van der Waals surface area contributed by atoms with Crippen LogP contribution in [0.4, 0.5) is 4.39 Å². The van der Waals surface area contributed by atoms with Crippen molar-refractivity contribution < 1.29 is 9.13 Å². The Kier molecular flexibility index (Phi) is 5.55. The Balaban J connectivity index is 2.88. The maximum absolute atomic E-state index is 13.8. The van der Waals surface area contributed by atoms with Crippen molar-refractivity contribution in [3.63, 3.8) is 0 Å². The molecular weight excluding hydrogens is 219 g/mol. The zero-order chi connectivity index (χ0) is 12.8. The first-order valence-electron chi connectivity index (χ1n) is 5.75. The molecule has 0 aromatic heterocycles. The molecule has 1 unspecified atom stereocenters. The number of hydrogen-bond acceptors (Lipinski definition) is 3. The number of halogens is 1. The van der Waals surface area contributed by atoms with Gasteiger partial charge in [-0.2, -0.15) is 0 Å². The van der Waals surface area contributed by atoms with Crippen molar-refractivity contribution in [3.05, 3.63) is 35.1 Å². The van der Waals surface area contributed by atoms with E-state index < -0.39 is 0 Å². The molecule has 1 aromatic carbocycles. The van der Waals surface area contributed by atoms with Gasteiger partial charge in [0.15, 0.2) is 0 Å². The molecule has 0 aliphatic carbocycles. The molecule has 4 heteroatoms. The van der Waals surface area contributed by atoms with E-state index in [-0.39, 0.29) is 11.9 Å². The summed E-state index contributed by atoms with van der Waals surface area (Å²) in [6.07, 6.45) is 0. The van der Waals surface area contributed by atoms with Crippen LogP contribution >= 0.6 is 0 Å². The fourth-order valence-electron chi connectivity index (χ4n) is 1.85. The van der Waals surface area contributed by atoms with Crippen LogP contribution in [0.1, 0.15) is 17.2 Å². The van der Waals surface area contributed by atoms with E-state index in [2.05, 4.69) is 0 Å². The summed E-state index contributed by atoms with van der Waals surface area (Å²) in [6.45, 7) is 3.68. The number of benzene rings is 1. The van der Waals surface area contributed by atoms with E-state index >= 15 is 0 Å². The molecule has 0 saturated carbocycles. The normalized spacial score (nSPS) is 13.1. The molecule has 2 N–H and O–H groups in total. The molecule has 0 aliphatic heterocycles. The summed E-state index contributed by atoms with van der Waals surface area (Å²) >= 11 is 0. The number of nitrogens with zero attached hydrogens (tertiary/aromatic N) is 1. The van der Waals surface area contributed by atoms with Crippen LogP contribution in [0.3, 0.4) is 0 Å². The molecule has 1 rings (SSSR count). The van der Waals surface area contributed by atoms with Gasteiger partial charge >= 0.3 is 0 Å². The summed E-state index contributed by atoms with van der Waals surface area (Å²) < 4.78 is 18.8. The van der Waals surface area contributed by atoms with Crippen LogP contribution in [0.2, 0.25) is 0 Å². The Morgan fingerprint density at radius 2 is 2.18 bits per heavy atom. The third-order valence-electron chi connectivity index (χ3n) is 2.91. The summed E-state index contributed by atoms with van der Waals surface area (Å²) in [6, 6.07) is 5.01. The smallest absolute Gasteiger partial charge is 0.128 e. The van der Waals surface area contributed by atoms with Gasteiger partial charge < -0.3 is 10.5 Å². The van der Waals surface area contributed by atoms with Gasteiger partial charge in [0.2, 0.25) is 0 Å². The fraction of sp³-hybridized carbons (Fsp3) is 0.538. The molecule has 3 nitrogen and oxygen atoms in total. The summed E-state index contributed by atoms with van der Waals surface area (Å²) in [5.74, 6) is -0.199. The van der Waals surface area contributed by atoms with Crippen molar-refractivity contribution in [1.82, 2.24) is 4.90 Å². The maximum Gasteiger partial charge on any atom is 0.128 e. The van der Waals surface area contributed by atoms with Gasteiger partial charge in [0.25, 0.3) is 0 Å². The lowest BCUT2D eigenvalue weighted by atomic mass is 10.0. The lowest BCUT2D eigenvalue weighted by Crippen LogP contribution is -2.33. The van der Waals surface area contributed by atoms with E-state index in [1.54, 1.807) is 13.2 Å². The highest BCUT2D eigenvalue weighted by Crippen LogP contribution is 2.22. The molecule has 0 spiro atoms. The van der Waals surface area contributed by atoms with Crippen LogP contribution in [-0.4, -0.2) is 38.8 Å². The maximum atomic E-state index is 13.8. The van der Waals surface area contributed by atoms with Crippen LogP contribution in [0.5, 0.6) is 0 Å². The van der Waals surface area contributed by atoms with Crippen molar-refractivity contribution in [2.45, 2.75) is 13.0 Å². The monoisotopic (exact) mass is 240 g/mol. The largest absolute Gasteiger partial charge is 0.383 e. The van der Waals surface area contributed by atoms with Gasteiger partial charge in [-0.1, -0.05) is 17.7 Å². The molecule has 0 aliphatic rings. The molecule has 1 aromatic rings. The first-order chi connectivity index (χ1) is 8.10. The average Bonchev–Trinajstić information content (AvgIpc) is 2.32. The third-order valence-corrected chi connectivity index (χ3v) is 2.91. The van der Waals surface area contributed by atoms with Crippen molar-refractivity contribution >= 4 is 0 Å². The summed E-state index contributed by atoms with van der Waals surface area (Å²) in [5, 5.41) is 0. The highest BCUT2D eigenvalue weighted by Gasteiger charge is 2.18. The van der Waals surface area contributed by atoms with E-state index in [9.17, 15) is 4.39 Å². The quantitative estimate of drug-likeness (QED) is 0.822. The average molecular weight is 240 g/mol. The van der Waals surface area contributed by atoms with Gasteiger partial charge in [-0.05, 0) is 20.0 Å². The number of likely N-dealkylation sites (N-methyl/N-ethyl adjacent to an activating group) is 1. The number of aryl methyl sites for hydroxylation is 1. The van der Waals surface area contributed by atoms with Gasteiger partial charge in [-0.25, -0.2) is 4.39 Å². The van der Waals surface area contributed by atoms with E-state index in [0.29, 0.717) is 18.7 Å². The molecular formula is C13H21FN2O. The molecule has 17 heavy (non-hydrogen) atoms. The molecule has 0 heterocycles. The molecule has 1 atom stereocenters. The molecule has 96 valence electrons. The molecule has 0 radical (unpaired) electrons. The van der Waals surface area contributed by atoms with E-state index in [0.717, 1.165) is 12.1 Å². The zero-order valence-corrected chi connectivity index (χ0v) is 10.7. The van der Waals surface area contributed by atoms with Crippen LogP contribution in [0.15, 0.2) is 18.2 Å². The standard InChI is InChI=1S/C13H21FN2O/c1-10-4-5-12(14)11(8-10)13(9-15)16(2)6-7-17-3/h4-5,8,13H,6-7,9,15H2,1-3H3. The Morgan fingerprint density at radius 1 is 1.47 bits per heavy atom. The minimum absolute atomic E-state index is 0.106. The number of methoxy groups -OCH3 is 1. The van der Waals surface area contributed by atoms with Crippen LogP contribution in [-0.2, 0) is 4.74 Å². The SMILES string of the molecule is COCCN(C)C(CN)c1cc(C)ccc1F. The van der Waals surface area contributed by atoms with Gasteiger partial charge in [0, 0.05) is 31.8 Å². The molecule has 0 fully saturated rings. The second-order valence-electron chi connectivity index (χ2n) is 4.25. The predicted octanol–water partition coefficient (Wildman–Crippen LogP) is 1.71. The second kappa shape index (κ2) is 6.69. The Labute approximate surface area is 102 Å². The first kappa shape index (κ1) is 14.1. The summed E-state index contributed by atoms with van der Waals surface area (Å²) in [7, 11) is 3.58. The zero-order valence-electron chi connectivity index (χ0n) is 10.7. The minimum Gasteiger partial charge on any atom is -0.383 e. The summed E-state index contributed by atoms with van der Waals surface area (Å²) in [4.78, 5) is 2.02. The predicted molar refractivity (Wildman–Crippen MR) is 67.4 cm³/mol. The lowest BCUT2D eigenvalue weighted by molar-refractivity contribution is 0.139.